The van der Waals surface area contributed by atoms with Crippen LogP contribution in [0.1, 0.15) is 29.9 Å². The molecular formula is C17H20N2OS. The number of likely N-dealkylation sites (tertiary alicyclic amines) is 1. The van der Waals surface area contributed by atoms with Crippen LogP contribution in [0.15, 0.2) is 35.8 Å². The molecule has 1 aliphatic heterocycles. The summed E-state index contributed by atoms with van der Waals surface area (Å²) >= 11 is 1.45. The summed E-state index contributed by atoms with van der Waals surface area (Å²) in [6.07, 6.45) is 1.21. The molecule has 0 bridgehead atoms. The molecule has 1 fully saturated rings. The molecule has 2 aromatic rings. The maximum Gasteiger partial charge on any atom is 0.266 e. The van der Waals surface area contributed by atoms with Gasteiger partial charge < -0.3 is 4.90 Å². The number of piperidine rings is 1. The molecule has 2 heterocycles. The van der Waals surface area contributed by atoms with Crippen LogP contribution in [0.2, 0.25) is 0 Å². The van der Waals surface area contributed by atoms with Crippen LogP contribution in [0.4, 0.5) is 0 Å². The van der Waals surface area contributed by atoms with E-state index >= 15 is 0 Å². The van der Waals surface area contributed by atoms with Crippen LogP contribution in [-0.4, -0.2) is 28.9 Å². The smallest absolute Gasteiger partial charge is 0.266 e. The van der Waals surface area contributed by atoms with Crippen molar-refractivity contribution in [1.29, 1.82) is 0 Å². The molecule has 110 valence electrons. The van der Waals surface area contributed by atoms with Crippen molar-refractivity contribution in [3.8, 4) is 11.3 Å². The first kappa shape index (κ1) is 14.3. The largest absolute Gasteiger partial charge is 0.337 e. The molecule has 1 saturated heterocycles. The molecular weight excluding hydrogens is 280 g/mol. The Hall–Kier alpha value is -1.68. The minimum atomic E-state index is 0.134. The van der Waals surface area contributed by atoms with Crippen LogP contribution in [-0.2, 0) is 0 Å². The van der Waals surface area contributed by atoms with Crippen molar-refractivity contribution in [2.24, 2.45) is 11.8 Å². The lowest BCUT2D eigenvalue weighted by Crippen LogP contribution is -2.42. The van der Waals surface area contributed by atoms with Crippen molar-refractivity contribution in [2.45, 2.75) is 20.3 Å². The summed E-state index contributed by atoms with van der Waals surface area (Å²) in [6, 6.07) is 9.95. The Bertz CT molecular complexity index is 613. The SMILES string of the molecule is CC1CC(C)CN(C(=O)c2scnc2-c2ccccc2)C1. The molecule has 1 amide bonds. The Morgan fingerprint density at radius 2 is 1.86 bits per heavy atom. The second-order valence-electron chi connectivity index (χ2n) is 6.05. The Balaban J connectivity index is 1.88. The van der Waals surface area contributed by atoms with Gasteiger partial charge in [0.15, 0.2) is 0 Å². The van der Waals surface area contributed by atoms with Crippen molar-refractivity contribution < 1.29 is 4.79 Å². The Kier molecular flexibility index (Phi) is 4.06. The van der Waals surface area contributed by atoms with E-state index in [9.17, 15) is 4.79 Å². The van der Waals surface area contributed by atoms with E-state index < -0.39 is 0 Å². The maximum absolute atomic E-state index is 12.8. The van der Waals surface area contributed by atoms with Gasteiger partial charge in [0.2, 0.25) is 0 Å². The van der Waals surface area contributed by atoms with Gasteiger partial charge in [-0.1, -0.05) is 44.2 Å². The molecule has 2 unspecified atom stereocenters. The average molecular weight is 300 g/mol. The topological polar surface area (TPSA) is 33.2 Å². The monoisotopic (exact) mass is 300 g/mol. The summed E-state index contributed by atoms with van der Waals surface area (Å²) in [5, 5.41) is 0. The van der Waals surface area contributed by atoms with Crippen LogP contribution < -0.4 is 0 Å². The third-order valence-corrected chi connectivity index (χ3v) is 4.78. The number of benzene rings is 1. The molecule has 1 aliphatic rings. The Morgan fingerprint density at radius 1 is 1.19 bits per heavy atom. The van der Waals surface area contributed by atoms with Crippen LogP contribution in [0, 0.1) is 11.8 Å². The molecule has 1 aromatic carbocycles. The zero-order chi connectivity index (χ0) is 14.8. The molecule has 3 rings (SSSR count). The molecule has 3 nitrogen and oxygen atoms in total. The van der Waals surface area contributed by atoms with Gasteiger partial charge in [-0.3, -0.25) is 4.79 Å². The fourth-order valence-electron chi connectivity index (χ4n) is 3.17. The number of aromatic nitrogens is 1. The summed E-state index contributed by atoms with van der Waals surface area (Å²) in [7, 11) is 0. The van der Waals surface area contributed by atoms with Crippen LogP contribution >= 0.6 is 11.3 Å². The quantitative estimate of drug-likeness (QED) is 0.842. The maximum atomic E-state index is 12.8. The lowest BCUT2D eigenvalue weighted by molar-refractivity contribution is 0.0628. The van der Waals surface area contributed by atoms with E-state index in [2.05, 4.69) is 18.8 Å². The minimum Gasteiger partial charge on any atom is -0.337 e. The number of carbonyl (C=O) groups excluding carboxylic acids is 1. The lowest BCUT2D eigenvalue weighted by Gasteiger charge is -2.34. The number of amides is 1. The zero-order valence-corrected chi connectivity index (χ0v) is 13.3. The van der Waals surface area contributed by atoms with E-state index in [1.54, 1.807) is 5.51 Å². The first-order chi connectivity index (χ1) is 10.1. The summed E-state index contributed by atoms with van der Waals surface area (Å²) in [4.78, 5) is 20.0. The standard InChI is InChI=1S/C17H20N2OS/c1-12-8-13(2)10-19(9-12)17(20)16-15(18-11-21-16)14-6-4-3-5-7-14/h3-7,11-13H,8-10H2,1-2H3. The van der Waals surface area contributed by atoms with Crippen molar-refractivity contribution in [3.05, 3.63) is 40.7 Å². The van der Waals surface area contributed by atoms with Gasteiger partial charge in [-0.25, -0.2) is 4.98 Å². The molecule has 0 N–H and O–H groups in total. The van der Waals surface area contributed by atoms with E-state index in [0.29, 0.717) is 11.8 Å². The van der Waals surface area contributed by atoms with Gasteiger partial charge in [-0.2, -0.15) is 0 Å². The van der Waals surface area contributed by atoms with Gasteiger partial charge in [-0.15, -0.1) is 11.3 Å². The number of nitrogens with zero attached hydrogens (tertiary/aromatic N) is 2. The first-order valence-electron chi connectivity index (χ1n) is 7.43. The molecule has 21 heavy (non-hydrogen) atoms. The number of hydrogen-bond donors (Lipinski definition) is 0. The van der Waals surface area contributed by atoms with Crippen LogP contribution in [0.3, 0.4) is 0 Å². The van der Waals surface area contributed by atoms with Crippen molar-refractivity contribution in [2.75, 3.05) is 13.1 Å². The summed E-state index contributed by atoms with van der Waals surface area (Å²) in [5.74, 6) is 1.28. The molecule has 4 heteroatoms. The highest BCUT2D eigenvalue weighted by molar-refractivity contribution is 7.12. The minimum absolute atomic E-state index is 0.134. The normalized spacial score (nSPS) is 22.3. The summed E-state index contributed by atoms with van der Waals surface area (Å²) in [6.45, 7) is 6.16. The van der Waals surface area contributed by atoms with Crippen molar-refractivity contribution in [1.82, 2.24) is 9.88 Å². The van der Waals surface area contributed by atoms with Gasteiger partial charge in [0.1, 0.15) is 4.88 Å². The van der Waals surface area contributed by atoms with Gasteiger partial charge in [0, 0.05) is 18.7 Å². The molecule has 0 spiro atoms. The number of carbonyl (C=O) groups is 1. The van der Waals surface area contributed by atoms with E-state index in [4.69, 9.17) is 0 Å². The predicted octanol–water partition coefficient (Wildman–Crippen LogP) is 3.93. The highest BCUT2D eigenvalue weighted by Crippen LogP contribution is 2.29. The number of rotatable bonds is 2. The highest BCUT2D eigenvalue weighted by atomic mass is 32.1. The molecule has 0 aliphatic carbocycles. The predicted molar refractivity (Wildman–Crippen MR) is 86.4 cm³/mol. The van der Waals surface area contributed by atoms with Crippen LogP contribution in [0.5, 0.6) is 0 Å². The van der Waals surface area contributed by atoms with E-state index in [-0.39, 0.29) is 5.91 Å². The summed E-state index contributed by atoms with van der Waals surface area (Å²) < 4.78 is 0. The number of hydrogen-bond acceptors (Lipinski definition) is 3. The van der Waals surface area contributed by atoms with Gasteiger partial charge >= 0.3 is 0 Å². The van der Waals surface area contributed by atoms with Crippen molar-refractivity contribution >= 4 is 17.2 Å². The molecule has 2 atom stereocenters. The van der Waals surface area contributed by atoms with Gasteiger partial charge in [-0.05, 0) is 18.3 Å². The first-order valence-corrected chi connectivity index (χ1v) is 8.31. The Labute approximate surface area is 129 Å². The fraction of sp³-hybridized carbons (Fsp3) is 0.412. The fourth-order valence-corrected chi connectivity index (χ4v) is 3.95. The van der Waals surface area contributed by atoms with Crippen LogP contribution in [0.25, 0.3) is 11.3 Å². The van der Waals surface area contributed by atoms with E-state index in [1.807, 2.05) is 35.2 Å². The second kappa shape index (κ2) is 5.98. The molecule has 0 radical (unpaired) electrons. The molecule has 0 saturated carbocycles. The van der Waals surface area contributed by atoms with E-state index in [0.717, 1.165) is 29.2 Å². The molecule has 1 aromatic heterocycles. The van der Waals surface area contributed by atoms with Gasteiger partial charge in [0.05, 0.1) is 11.2 Å². The Morgan fingerprint density at radius 3 is 2.52 bits per heavy atom. The zero-order valence-electron chi connectivity index (χ0n) is 12.5. The van der Waals surface area contributed by atoms with Crippen molar-refractivity contribution in [3.63, 3.8) is 0 Å². The lowest BCUT2D eigenvalue weighted by atomic mass is 9.92. The number of thiazole rings is 1. The van der Waals surface area contributed by atoms with E-state index in [1.165, 1.54) is 17.8 Å². The second-order valence-corrected chi connectivity index (χ2v) is 6.91. The average Bonchev–Trinajstić information content (AvgIpc) is 2.95. The third kappa shape index (κ3) is 3.00. The third-order valence-electron chi connectivity index (χ3n) is 3.96. The highest BCUT2D eigenvalue weighted by Gasteiger charge is 2.28. The van der Waals surface area contributed by atoms with Gasteiger partial charge in [0.25, 0.3) is 5.91 Å². The summed E-state index contributed by atoms with van der Waals surface area (Å²) in [5.41, 5.74) is 3.60.